The predicted molar refractivity (Wildman–Crippen MR) is 46.4 cm³/mol. The van der Waals surface area contributed by atoms with Crippen molar-refractivity contribution in [3.8, 4) is 0 Å². The van der Waals surface area contributed by atoms with Gasteiger partial charge in [-0.2, -0.15) is 0 Å². The lowest BCUT2D eigenvalue weighted by molar-refractivity contribution is 0.737. The van der Waals surface area contributed by atoms with Crippen LogP contribution in [0.1, 0.15) is 17.4 Å². The average Bonchev–Trinajstić information content (AvgIpc) is 2.15. The second-order valence-corrected chi connectivity index (χ2v) is 3.80. The largest absolute Gasteiger partial charge is 0.328 e. The highest BCUT2D eigenvalue weighted by atomic mass is 32.1. The quantitative estimate of drug-likeness (QED) is 0.694. The van der Waals surface area contributed by atoms with Crippen LogP contribution in [-0.2, 0) is 6.42 Å². The Balaban J connectivity index is 2.65. The van der Waals surface area contributed by atoms with E-state index in [1.54, 1.807) is 11.3 Å². The molecule has 56 valence electrons. The molecule has 0 amide bonds. The van der Waals surface area contributed by atoms with E-state index < -0.39 is 0 Å². The van der Waals surface area contributed by atoms with E-state index in [-0.39, 0.29) is 6.04 Å². The lowest BCUT2D eigenvalue weighted by Gasteiger charge is -2.02. The van der Waals surface area contributed by atoms with Gasteiger partial charge in [-0.05, 0) is 37.3 Å². The molecule has 0 spiro atoms. The maximum Gasteiger partial charge on any atom is 0.00513 e. The zero-order valence-electron chi connectivity index (χ0n) is 6.42. The van der Waals surface area contributed by atoms with Crippen molar-refractivity contribution in [1.29, 1.82) is 0 Å². The van der Waals surface area contributed by atoms with Gasteiger partial charge in [-0.25, -0.2) is 0 Å². The number of thiophene rings is 1. The minimum atomic E-state index is 0.285. The Morgan fingerprint density at radius 1 is 1.70 bits per heavy atom. The first-order valence-electron chi connectivity index (χ1n) is 3.48. The third kappa shape index (κ3) is 1.82. The normalized spacial score (nSPS) is 13.5. The molecule has 0 aliphatic carbocycles. The first-order valence-corrected chi connectivity index (χ1v) is 4.36. The summed E-state index contributed by atoms with van der Waals surface area (Å²) in [5, 5.41) is 2.12. The van der Waals surface area contributed by atoms with Crippen LogP contribution in [0.5, 0.6) is 0 Å². The monoisotopic (exact) mass is 155 g/mol. The molecule has 0 saturated heterocycles. The lowest BCUT2D eigenvalue weighted by Crippen LogP contribution is -2.17. The summed E-state index contributed by atoms with van der Waals surface area (Å²) in [6, 6.07) is 2.44. The van der Waals surface area contributed by atoms with Gasteiger partial charge in [0.1, 0.15) is 0 Å². The fourth-order valence-electron chi connectivity index (χ4n) is 0.970. The molecule has 0 bridgehead atoms. The third-order valence-corrected chi connectivity index (χ3v) is 2.40. The van der Waals surface area contributed by atoms with Crippen LogP contribution in [0.3, 0.4) is 0 Å². The summed E-state index contributed by atoms with van der Waals surface area (Å²) in [6.45, 7) is 4.18. The molecule has 0 fully saturated rings. The van der Waals surface area contributed by atoms with E-state index in [9.17, 15) is 0 Å². The molecule has 2 heteroatoms. The third-order valence-electron chi connectivity index (χ3n) is 1.51. The first kappa shape index (κ1) is 7.76. The van der Waals surface area contributed by atoms with E-state index in [0.29, 0.717) is 0 Å². The van der Waals surface area contributed by atoms with Crippen molar-refractivity contribution < 1.29 is 0 Å². The summed E-state index contributed by atoms with van der Waals surface area (Å²) < 4.78 is 0. The van der Waals surface area contributed by atoms with E-state index in [0.717, 1.165) is 6.42 Å². The van der Waals surface area contributed by atoms with Gasteiger partial charge in [0.2, 0.25) is 0 Å². The van der Waals surface area contributed by atoms with Crippen LogP contribution in [0, 0.1) is 6.92 Å². The van der Waals surface area contributed by atoms with Gasteiger partial charge < -0.3 is 5.73 Å². The number of nitrogens with two attached hydrogens (primary N) is 1. The lowest BCUT2D eigenvalue weighted by atomic mass is 10.1. The molecule has 0 radical (unpaired) electrons. The molecule has 1 aromatic heterocycles. The number of rotatable bonds is 2. The fraction of sp³-hybridized carbons (Fsp3) is 0.500. The van der Waals surface area contributed by atoms with Gasteiger partial charge in [0, 0.05) is 10.9 Å². The molecule has 0 saturated carbocycles. The Morgan fingerprint density at radius 3 is 2.80 bits per heavy atom. The van der Waals surface area contributed by atoms with Crippen molar-refractivity contribution in [1.82, 2.24) is 0 Å². The molecule has 0 aliphatic rings. The van der Waals surface area contributed by atoms with Gasteiger partial charge in [-0.15, -0.1) is 11.3 Å². The van der Waals surface area contributed by atoms with Gasteiger partial charge >= 0.3 is 0 Å². The highest BCUT2D eigenvalue weighted by Crippen LogP contribution is 2.15. The molecule has 2 N–H and O–H groups in total. The number of hydrogen-bond donors (Lipinski definition) is 1. The maximum absolute atomic E-state index is 5.66. The molecule has 10 heavy (non-hydrogen) atoms. The average molecular weight is 155 g/mol. The Hall–Kier alpha value is -0.340. The van der Waals surface area contributed by atoms with E-state index in [4.69, 9.17) is 5.73 Å². The van der Waals surface area contributed by atoms with Crippen LogP contribution in [0.4, 0.5) is 0 Å². The number of aryl methyl sites for hydroxylation is 1. The zero-order valence-corrected chi connectivity index (χ0v) is 7.24. The molecular formula is C8H13NS. The van der Waals surface area contributed by atoms with Crippen LogP contribution in [-0.4, -0.2) is 6.04 Å². The van der Waals surface area contributed by atoms with Crippen molar-refractivity contribution in [2.75, 3.05) is 0 Å². The smallest absolute Gasteiger partial charge is 0.00513 e. The SMILES string of the molecule is Cc1sccc1CC(C)N. The summed E-state index contributed by atoms with van der Waals surface area (Å²) in [7, 11) is 0. The molecule has 1 aromatic rings. The highest BCUT2D eigenvalue weighted by molar-refractivity contribution is 7.10. The topological polar surface area (TPSA) is 26.0 Å². The van der Waals surface area contributed by atoms with Crippen molar-refractivity contribution in [3.05, 3.63) is 21.9 Å². The minimum absolute atomic E-state index is 0.285. The summed E-state index contributed by atoms with van der Waals surface area (Å²) in [5.74, 6) is 0. The Bertz CT molecular complexity index is 203. The van der Waals surface area contributed by atoms with E-state index >= 15 is 0 Å². The van der Waals surface area contributed by atoms with Gasteiger partial charge in [-0.3, -0.25) is 0 Å². The van der Waals surface area contributed by atoms with Crippen LogP contribution >= 0.6 is 11.3 Å². The zero-order chi connectivity index (χ0) is 7.56. The molecule has 1 unspecified atom stereocenters. The van der Waals surface area contributed by atoms with E-state index in [2.05, 4.69) is 18.4 Å². The predicted octanol–water partition coefficient (Wildman–Crippen LogP) is 1.95. The summed E-state index contributed by atoms with van der Waals surface area (Å²) in [6.07, 6.45) is 1.01. The summed E-state index contributed by atoms with van der Waals surface area (Å²) in [4.78, 5) is 1.40. The van der Waals surface area contributed by atoms with E-state index in [1.165, 1.54) is 10.4 Å². The first-order chi connectivity index (χ1) is 4.70. The van der Waals surface area contributed by atoms with E-state index in [1.807, 2.05) is 6.92 Å². The Kier molecular flexibility index (Phi) is 2.46. The van der Waals surface area contributed by atoms with Crippen molar-refractivity contribution in [3.63, 3.8) is 0 Å². The van der Waals surface area contributed by atoms with Gasteiger partial charge in [0.15, 0.2) is 0 Å². The molecule has 1 rings (SSSR count). The maximum atomic E-state index is 5.66. The number of hydrogen-bond acceptors (Lipinski definition) is 2. The van der Waals surface area contributed by atoms with Gasteiger partial charge in [0.25, 0.3) is 0 Å². The Morgan fingerprint density at radius 2 is 2.40 bits per heavy atom. The van der Waals surface area contributed by atoms with Crippen LogP contribution < -0.4 is 5.73 Å². The second-order valence-electron chi connectivity index (χ2n) is 2.68. The molecule has 1 atom stereocenters. The molecule has 0 aromatic carbocycles. The molecule has 0 aliphatic heterocycles. The van der Waals surface area contributed by atoms with Gasteiger partial charge in [-0.1, -0.05) is 0 Å². The van der Waals surface area contributed by atoms with Gasteiger partial charge in [0.05, 0.1) is 0 Å². The van der Waals surface area contributed by atoms with Crippen molar-refractivity contribution in [2.24, 2.45) is 5.73 Å². The fourth-order valence-corrected chi connectivity index (χ4v) is 1.71. The molecule has 1 heterocycles. The van der Waals surface area contributed by atoms with Crippen LogP contribution in [0.15, 0.2) is 11.4 Å². The Labute approximate surface area is 65.9 Å². The molecular weight excluding hydrogens is 142 g/mol. The summed E-state index contributed by atoms with van der Waals surface area (Å²) >= 11 is 1.79. The summed E-state index contributed by atoms with van der Waals surface area (Å²) in [5.41, 5.74) is 7.06. The van der Waals surface area contributed by atoms with Crippen LogP contribution in [0.2, 0.25) is 0 Å². The molecule has 1 nitrogen and oxygen atoms in total. The van der Waals surface area contributed by atoms with Crippen LogP contribution in [0.25, 0.3) is 0 Å². The highest BCUT2D eigenvalue weighted by Gasteiger charge is 2.01. The minimum Gasteiger partial charge on any atom is -0.328 e. The van der Waals surface area contributed by atoms with Crippen molar-refractivity contribution in [2.45, 2.75) is 26.3 Å². The van der Waals surface area contributed by atoms with Crippen molar-refractivity contribution >= 4 is 11.3 Å². The second kappa shape index (κ2) is 3.17. The standard InChI is InChI=1S/C8H13NS/c1-6(9)5-8-3-4-10-7(8)2/h3-4,6H,5,9H2,1-2H3.